The van der Waals surface area contributed by atoms with Gasteiger partial charge in [0.15, 0.2) is 0 Å². The van der Waals surface area contributed by atoms with Crippen LogP contribution in [0.25, 0.3) is 22.2 Å². The molecule has 3 rings (SSSR count). The van der Waals surface area contributed by atoms with E-state index in [2.05, 4.69) is 59.5 Å². The Morgan fingerprint density at radius 1 is 1.17 bits per heavy atom. The molecule has 1 unspecified atom stereocenters. The van der Waals surface area contributed by atoms with Gasteiger partial charge in [0.05, 0.1) is 6.61 Å². The average molecular weight is 323 g/mol. The maximum atomic E-state index is 9.52. The second kappa shape index (κ2) is 7.05. The second-order valence-electron chi connectivity index (χ2n) is 6.80. The molecule has 0 spiro atoms. The number of nitrogens with zero attached hydrogens (tertiary/aromatic N) is 1. The van der Waals surface area contributed by atoms with Gasteiger partial charge in [0.2, 0.25) is 0 Å². The Morgan fingerprint density at radius 3 is 2.58 bits per heavy atom. The molecule has 126 valence electrons. The summed E-state index contributed by atoms with van der Waals surface area (Å²) in [6.45, 7) is 6.53. The lowest BCUT2D eigenvalue weighted by Crippen LogP contribution is -2.25. The smallest absolute Gasteiger partial charge is 0.138 e. The van der Waals surface area contributed by atoms with E-state index in [-0.39, 0.29) is 12.6 Å². The van der Waals surface area contributed by atoms with Crippen LogP contribution in [0.3, 0.4) is 0 Å². The Labute approximate surface area is 142 Å². The Hall–Kier alpha value is -2.33. The van der Waals surface area contributed by atoms with Crippen molar-refractivity contribution < 1.29 is 5.11 Å². The SMILES string of the molecule is Cc1cc2c(-c3ccc(NC(CO)CC(C)C)cc3)ccnc2[nH]1. The summed E-state index contributed by atoms with van der Waals surface area (Å²) in [6.07, 6.45) is 2.79. The molecule has 0 saturated heterocycles. The summed E-state index contributed by atoms with van der Waals surface area (Å²) < 4.78 is 0. The van der Waals surface area contributed by atoms with E-state index in [0.29, 0.717) is 5.92 Å². The molecule has 1 aromatic carbocycles. The molecule has 0 bridgehead atoms. The number of aliphatic hydroxyl groups excluding tert-OH is 1. The van der Waals surface area contributed by atoms with E-state index in [4.69, 9.17) is 0 Å². The molecule has 2 aromatic heterocycles. The predicted molar refractivity (Wildman–Crippen MR) is 100 cm³/mol. The van der Waals surface area contributed by atoms with Crippen molar-refractivity contribution in [2.24, 2.45) is 5.92 Å². The number of aromatic nitrogens is 2. The van der Waals surface area contributed by atoms with Crippen molar-refractivity contribution in [1.29, 1.82) is 0 Å². The van der Waals surface area contributed by atoms with Gasteiger partial charge in [-0.15, -0.1) is 0 Å². The van der Waals surface area contributed by atoms with Gasteiger partial charge in [-0.1, -0.05) is 26.0 Å². The van der Waals surface area contributed by atoms with Gasteiger partial charge in [-0.25, -0.2) is 4.98 Å². The van der Waals surface area contributed by atoms with Crippen LogP contribution in [0.1, 0.15) is 26.0 Å². The van der Waals surface area contributed by atoms with Crippen LogP contribution >= 0.6 is 0 Å². The van der Waals surface area contributed by atoms with Crippen LogP contribution in [-0.4, -0.2) is 27.7 Å². The van der Waals surface area contributed by atoms with E-state index in [1.165, 1.54) is 5.56 Å². The summed E-state index contributed by atoms with van der Waals surface area (Å²) in [6, 6.07) is 12.7. The van der Waals surface area contributed by atoms with E-state index in [9.17, 15) is 5.11 Å². The molecular formula is C20H25N3O. The average Bonchev–Trinajstić information content (AvgIpc) is 2.94. The Kier molecular flexibility index (Phi) is 4.86. The van der Waals surface area contributed by atoms with Crippen molar-refractivity contribution in [3.8, 4) is 11.1 Å². The highest BCUT2D eigenvalue weighted by Gasteiger charge is 2.10. The minimum atomic E-state index is 0.0933. The summed E-state index contributed by atoms with van der Waals surface area (Å²) in [5.74, 6) is 0.552. The van der Waals surface area contributed by atoms with E-state index >= 15 is 0 Å². The number of rotatable bonds is 6. The van der Waals surface area contributed by atoms with Gasteiger partial charge in [0.25, 0.3) is 0 Å². The van der Waals surface area contributed by atoms with Crippen molar-refractivity contribution in [3.63, 3.8) is 0 Å². The third kappa shape index (κ3) is 3.60. The van der Waals surface area contributed by atoms with Crippen LogP contribution < -0.4 is 5.32 Å². The van der Waals surface area contributed by atoms with Crippen LogP contribution in [0, 0.1) is 12.8 Å². The maximum absolute atomic E-state index is 9.52. The number of aliphatic hydroxyl groups is 1. The van der Waals surface area contributed by atoms with Crippen LogP contribution in [-0.2, 0) is 0 Å². The predicted octanol–water partition coefficient (Wildman–Crippen LogP) is 4.36. The molecule has 0 aliphatic rings. The van der Waals surface area contributed by atoms with Gasteiger partial charge in [0, 0.05) is 29.0 Å². The summed E-state index contributed by atoms with van der Waals surface area (Å²) in [4.78, 5) is 7.67. The van der Waals surface area contributed by atoms with Crippen LogP contribution in [0.2, 0.25) is 0 Å². The van der Waals surface area contributed by atoms with Crippen molar-refractivity contribution >= 4 is 16.7 Å². The molecule has 0 saturated carbocycles. The lowest BCUT2D eigenvalue weighted by Gasteiger charge is -2.19. The first-order chi connectivity index (χ1) is 11.6. The third-order valence-electron chi connectivity index (χ3n) is 4.21. The first-order valence-electron chi connectivity index (χ1n) is 8.49. The number of nitrogens with one attached hydrogen (secondary N) is 2. The Bertz CT molecular complexity index is 805. The molecule has 0 radical (unpaired) electrons. The third-order valence-corrected chi connectivity index (χ3v) is 4.21. The van der Waals surface area contributed by atoms with Crippen molar-refractivity contribution in [2.75, 3.05) is 11.9 Å². The first kappa shape index (κ1) is 16.5. The van der Waals surface area contributed by atoms with Crippen LogP contribution in [0.4, 0.5) is 5.69 Å². The zero-order valence-electron chi connectivity index (χ0n) is 14.5. The summed E-state index contributed by atoms with van der Waals surface area (Å²) in [5, 5.41) is 14.1. The van der Waals surface area contributed by atoms with Crippen LogP contribution in [0.5, 0.6) is 0 Å². The number of hydrogen-bond acceptors (Lipinski definition) is 3. The number of anilines is 1. The molecule has 3 aromatic rings. The number of aromatic amines is 1. The maximum Gasteiger partial charge on any atom is 0.138 e. The molecule has 0 aliphatic heterocycles. The van der Waals surface area contributed by atoms with Gasteiger partial charge < -0.3 is 15.4 Å². The summed E-state index contributed by atoms with van der Waals surface area (Å²) in [5.41, 5.74) is 5.41. The zero-order chi connectivity index (χ0) is 17.1. The van der Waals surface area contributed by atoms with E-state index in [1.54, 1.807) is 0 Å². The normalized spacial score (nSPS) is 12.7. The lowest BCUT2D eigenvalue weighted by molar-refractivity contribution is 0.259. The Morgan fingerprint density at radius 2 is 1.92 bits per heavy atom. The summed E-state index contributed by atoms with van der Waals surface area (Å²) in [7, 11) is 0. The minimum absolute atomic E-state index is 0.0933. The van der Waals surface area contributed by atoms with Crippen molar-refractivity contribution in [2.45, 2.75) is 33.2 Å². The molecule has 0 amide bonds. The second-order valence-corrected chi connectivity index (χ2v) is 6.80. The molecule has 24 heavy (non-hydrogen) atoms. The quantitative estimate of drug-likeness (QED) is 0.632. The van der Waals surface area contributed by atoms with Crippen molar-refractivity contribution in [3.05, 3.63) is 48.3 Å². The molecule has 0 aliphatic carbocycles. The van der Waals surface area contributed by atoms with Gasteiger partial charge in [0.1, 0.15) is 5.65 Å². The topological polar surface area (TPSA) is 60.9 Å². The van der Waals surface area contributed by atoms with Gasteiger partial charge >= 0.3 is 0 Å². The summed E-state index contributed by atoms with van der Waals surface area (Å²) >= 11 is 0. The van der Waals surface area contributed by atoms with Crippen molar-refractivity contribution in [1.82, 2.24) is 9.97 Å². The van der Waals surface area contributed by atoms with Gasteiger partial charge in [-0.2, -0.15) is 0 Å². The highest BCUT2D eigenvalue weighted by molar-refractivity contribution is 5.93. The van der Waals surface area contributed by atoms with Crippen LogP contribution in [0.15, 0.2) is 42.6 Å². The fourth-order valence-corrected chi connectivity index (χ4v) is 3.14. The van der Waals surface area contributed by atoms with Gasteiger partial charge in [-0.3, -0.25) is 0 Å². The molecule has 3 N–H and O–H groups in total. The number of pyridine rings is 1. The largest absolute Gasteiger partial charge is 0.394 e. The Balaban J connectivity index is 1.83. The monoisotopic (exact) mass is 323 g/mol. The first-order valence-corrected chi connectivity index (χ1v) is 8.49. The molecule has 1 atom stereocenters. The van der Waals surface area contributed by atoms with E-state index in [0.717, 1.165) is 34.4 Å². The molecular weight excluding hydrogens is 298 g/mol. The fraction of sp³-hybridized carbons (Fsp3) is 0.350. The highest BCUT2D eigenvalue weighted by atomic mass is 16.3. The van der Waals surface area contributed by atoms with Gasteiger partial charge in [-0.05, 0) is 54.7 Å². The number of benzene rings is 1. The molecule has 4 nitrogen and oxygen atoms in total. The number of hydrogen-bond donors (Lipinski definition) is 3. The minimum Gasteiger partial charge on any atom is -0.394 e. The standard InChI is InChI=1S/C20H25N3O/c1-13(2)10-17(12-24)23-16-6-4-15(5-7-16)18-8-9-21-20-19(18)11-14(3)22-20/h4-9,11,13,17,23-24H,10,12H2,1-3H3,(H,21,22). The number of H-pyrrole nitrogens is 1. The zero-order valence-corrected chi connectivity index (χ0v) is 14.5. The van der Waals surface area contributed by atoms with E-state index in [1.807, 2.05) is 19.2 Å². The number of aryl methyl sites for hydroxylation is 1. The van der Waals surface area contributed by atoms with E-state index < -0.39 is 0 Å². The number of fused-ring (bicyclic) bond motifs is 1. The molecule has 0 fully saturated rings. The molecule has 2 heterocycles. The molecule has 4 heteroatoms. The highest BCUT2D eigenvalue weighted by Crippen LogP contribution is 2.29. The lowest BCUT2D eigenvalue weighted by atomic mass is 10.0. The fourth-order valence-electron chi connectivity index (χ4n) is 3.14.